The third-order valence-electron chi connectivity index (χ3n) is 3.58. The third kappa shape index (κ3) is 6.29. The minimum absolute atomic E-state index is 0.387. The predicted molar refractivity (Wildman–Crippen MR) is 92.0 cm³/mol. The summed E-state index contributed by atoms with van der Waals surface area (Å²) in [4.78, 5) is 20.4. The van der Waals surface area contributed by atoms with Gasteiger partial charge in [0.05, 0.1) is 30.8 Å². The molecule has 8 nitrogen and oxygen atoms in total. The molecule has 0 aromatic carbocycles. The largest absolute Gasteiger partial charge is 0.469 e. The molecule has 0 aliphatic rings. The molecule has 24 heavy (non-hydrogen) atoms. The van der Waals surface area contributed by atoms with Gasteiger partial charge in [0, 0.05) is 13.1 Å². The number of esters is 1. The summed E-state index contributed by atoms with van der Waals surface area (Å²) in [5, 5.41) is 25.0. The molecule has 0 radical (unpaired) electrons. The van der Waals surface area contributed by atoms with E-state index in [0.717, 1.165) is 0 Å². The zero-order valence-electron chi connectivity index (χ0n) is 14.7. The van der Waals surface area contributed by atoms with Crippen LogP contribution in [0, 0.1) is 0 Å². The van der Waals surface area contributed by atoms with E-state index in [1.165, 1.54) is 13.4 Å². The maximum absolute atomic E-state index is 12.0. The first-order valence-corrected chi connectivity index (χ1v) is 8.13. The minimum Gasteiger partial charge on any atom is -0.469 e. The van der Waals surface area contributed by atoms with Gasteiger partial charge in [-0.25, -0.2) is 9.97 Å². The summed E-state index contributed by atoms with van der Waals surface area (Å²) < 4.78 is 4.83. The zero-order chi connectivity index (χ0) is 18.1. The summed E-state index contributed by atoms with van der Waals surface area (Å²) in [6, 6.07) is 0. The van der Waals surface area contributed by atoms with Crippen LogP contribution in [0.1, 0.15) is 45.1 Å². The van der Waals surface area contributed by atoms with Gasteiger partial charge in [0.2, 0.25) is 0 Å². The van der Waals surface area contributed by atoms with E-state index in [2.05, 4.69) is 20.6 Å². The number of nitrogens with zero attached hydrogens (tertiary/aromatic N) is 2. The number of aromatic nitrogens is 2. The lowest BCUT2D eigenvalue weighted by atomic mass is 10.0. The second kappa shape index (κ2) is 10.0. The predicted octanol–water partition coefficient (Wildman–Crippen LogP) is 1.12. The molecule has 3 atom stereocenters. The van der Waals surface area contributed by atoms with Gasteiger partial charge in [0.25, 0.3) is 0 Å². The van der Waals surface area contributed by atoms with E-state index in [4.69, 9.17) is 4.74 Å². The molecule has 1 aromatic heterocycles. The lowest BCUT2D eigenvalue weighted by molar-refractivity contribution is -0.141. The second-order valence-electron chi connectivity index (χ2n) is 5.86. The van der Waals surface area contributed by atoms with Crippen LogP contribution in [0.2, 0.25) is 0 Å². The Morgan fingerprint density at radius 3 is 1.92 bits per heavy atom. The van der Waals surface area contributed by atoms with Crippen LogP contribution >= 0.6 is 0 Å². The lowest BCUT2D eigenvalue weighted by Crippen LogP contribution is -2.20. The number of carbonyl (C=O) groups excluding carboxylic acids is 1. The second-order valence-corrected chi connectivity index (χ2v) is 5.86. The molecular formula is C16H28N4O4. The molecular weight excluding hydrogens is 312 g/mol. The number of rotatable bonds is 10. The fraction of sp³-hybridized carbons (Fsp3) is 0.688. The van der Waals surface area contributed by atoms with Crippen LogP contribution in [-0.4, -0.2) is 58.6 Å². The highest BCUT2D eigenvalue weighted by Crippen LogP contribution is 2.29. The van der Waals surface area contributed by atoms with Gasteiger partial charge < -0.3 is 25.6 Å². The SMILES string of the molecule is COC(=O)C(C)c1c(NCCC(C)O)ncnc1NCCC(C)O. The van der Waals surface area contributed by atoms with Crippen molar-refractivity contribution in [3.8, 4) is 0 Å². The Bertz CT molecular complexity index is 491. The van der Waals surface area contributed by atoms with E-state index < -0.39 is 18.1 Å². The Hall–Kier alpha value is -1.93. The Morgan fingerprint density at radius 2 is 1.54 bits per heavy atom. The van der Waals surface area contributed by atoms with Crippen molar-refractivity contribution in [1.82, 2.24) is 9.97 Å². The normalized spacial score (nSPS) is 14.6. The molecule has 3 unspecified atom stereocenters. The molecule has 0 aliphatic carbocycles. The Labute approximate surface area is 142 Å². The summed E-state index contributed by atoms with van der Waals surface area (Å²) in [5.41, 5.74) is 0.612. The van der Waals surface area contributed by atoms with Crippen LogP contribution in [0.3, 0.4) is 0 Å². The number of nitrogens with one attached hydrogen (secondary N) is 2. The first-order chi connectivity index (χ1) is 11.4. The zero-order valence-corrected chi connectivity index (χ0v) is 14.7. The van der Waals surface area contributed by atoms with Crippen molar-refractivity contribution in [2.45, 2.75) is 51.7 Å². The van der Waals surface area contributed by atoms with Crippen LogP contribution in [0.15, 0.2) is 6.33 Å². The van der Waals surface area contributed by atoms with Crippen molar-refractivity contribution >= 4 is 17.6 Å². The van der Waals surface area contributed by atoms with E-state index in [1.807, 2.05) is 0 Å². The molecule has 1 rings (SSSR count). The molecule has 0 saturated carbocycles. The van der Waals surface area contributed by atoms with Crippen LogP contribution in [0.25, 0.3) is 0 Å². The van der Waals surface area contributed by atoms with Crippen molar-refractivity contribution in [3.63, 3.8) is 0 Å². The smallest absolute Gasteiger partial charge is 0.313 e. The average molecular weight is 340 g/mol. The average Bonchev–Trinajstić information content (AvgIpc) is 2.53. The molecule has 136 valence electrons. The van der Waals surface area contributed by atoms with Crippen LogP contribution in [-0.2, 0) is 9.53 Å². The maximum atomic E-state index is 12.0. The standard InChI is InChI=1S/C16H28N4O4/c1-10(21)5-7-17-14-13(12(3)16(23)24-4)15(20-9-19-14)18-8-6-11(2)22/h9-12,21-22H,5-8H2,1-4H3,(H2,17,18,19,20). The summed E-state index contributed by atoms with van der Waals surface area (Å²) in [6.45, 7) is 6.18. The van der Waals surface area contributed by atoms with E-state index in [1.54, 1.807) is 20.8 Å². The molecule has 0 saturated heterocycles. The molecule has 0 amide bonds. The Balaban J connectivity index is 3.01. The van der Waals surface area contributed by atoms with Gasteiger partial charge >= 0.3 is 5.97 Å². The number of anilines is 2. The Kier molecular flexibility index (Phi) is 8.42. The maximum Gasteiger partial charge on any atom is 0.313 e. The summed E-state index contributed by atoms with van der Waals surface area (Å²) >= 11 is 0. The molecule has 0 spiro atoms. The monoisotopic (exact) mass is 340 g/mol. The fourth-order valence-electron chi connectivity index (χ4n) is 2.18. The quantitative estimate of drug-likeness (QED) is 0.468. The van der Waals surface area contributed by atoms with Gasteiger partial charge in [0.15, 0.2) is 0 Å². The van der Waals surface area contributed by atoms with Crippen LogP contribution in [0.4, 0.5) is 11.6 Å². The number of hydrogen-bond acceptors (Lipinski definition) is 8. The van der Waals surface area contributed by atoms with E-state index in [9.17, 15) is 15.0 Å². The highest BCUT2D eigenvalue weighted by atomic mass is 16.5. The van der Waals surface area contributed by atoms with Crippen molar-refractivity contribution in [2.24, 2.45) is 0 Å². The van der Waals surface area contributed by atoms with E-state index >= 15 is 0 Å². The van der Waals surface area contributed by atoms with Crippen molar-refractivity contribution in [2.75, 3.05) is 30.8 Å². The molecule has 1 aromatic rings. The van der Waals surface area contributed by atoms with Gasteiger partial charge in [0.1, 0.15) is 18.0 Å². The first kappa shape index (κ1) is 20.1. The number of methoxy groups -OCH3 is 1. The number of carbonyl (C=O) groups is 1. The molecule has 8 heteroatoms. The summed E-state index contributed by atoms with van der Waals surface area (Å²) in [5.74, 6) is 0.118. The van der Waals surface area contributed by atoms with Gasteiger partial charge in [-0.1, -0.05) is 0 Å². The molecule has 4 N–H and O–H groups in total. The Morgan fingerprint density at radius 1 is 1.08 bits per heavy atom. The number of hydrogen-bond donors (Lipinski definition) is 4. The fourth-order valence-corrected chi connectivity index (χ4v) is 2.18. The lowest BCUT2D eigenvalue weighted by Gasteiger charge is -2.19. The highest BCUT2D eigenvalue weighted by molar-refractivity contribution is 5.82. The molecule has 0 aliphatic heterocycles. The van der Waals surface area contributed by atoms with Crippen molar-refractivity contribution < 1.29 is 19.7 Å². The van der Waals surface area contributed by atoms with Gasteiger partial charge in [-0.05, 0) is 33.6 Å². The molecule has 0 bridgehead atoms. The minimum atomic E-state index is -0.556. The summed E-state index contributed by atoms with van der Waals surface area (Å²) in [6.07, 6.45) is 1.67. The van der Waals surface area contributed by atoms with Crippen molar-refractivity contribution in [1.29, 1.82) is 0 Å². The van der Waals surface area contributed by atoms with Crippen LogP contribution < -0.4 is 10.6 Å². The molecule has 1 heterocycles. The van der Waals surface area contributed by atoms with Crippen LogP contribution in [0.5, 0.6) is 0 Å². The van der Waals surface area contributed by atoms with Gasteiger partial charge in [-0.3, -0.25) is 4.79 Å². The van der Waals surface area contributed by atoms with E-state index in [0.29, 0.717) is 43.1 Å². The summed E-state index contributed by atoms with van der Waals surface area (Å²) in [7, 11) is 1.34. The van der Waals surface area contributed by atoms with E-state index in [-0.39, 0.29) is 5.97 Å². The van der Waals surface area contributed by atoms with Crippen molar-refractivity contribution in [3.05, 3.63) is 11.9 Å². The first-order valence-electron chi connectivity index (χ1n) is 8.13. The highest BCUT2D eigenvalue weighted by Gasteiger charge is 2.24. The van der Waals surface area contributed by atoms with Gasteiger partial charge in [-0.2, -0.15) is 0 Å². The topological polar surface area (TPSA) is 117 Å². The number of aliphatic hydroxyl groups is 2. The van der Waals surface area contributed by atoms with Gasteiger partial charge in [-0.15, -0.1) is 0 Å². The molecule has 0 fully saturated rings. The number of ether oxygens (including phenoxy) is 1. The number of aliphatic hydroxyl groups excluding tert-OH is 2. The third-order valence-corrected chi connectivity index (χ3v) is 3.58.